The Morgan fingerprint density at radius 1 is 1.09 bits per heavy atom. The number of pyridine rings is 2. The van der Waals surface area contributed by atoms with E-state index in [0.717, 1.165) is 34.3 Å². The summed E-state index contributed by atoms with van der Waals surface area (Å²) in [6, 6.07) is 15.2. The summed E-state index contributed by atoms with van der Waals surface area (Å²) in [6.07, 6.45) is 6.22. The number of aromatic nitrogens is 3. The molecule has 0 unspecified atom stereocenters. The minimum Gasteiger partial charge on any atom is -0.481 e. The predicted molar refractivity (Wildman–Crippen MR) is 137 cm³/mol. The van der Waals surface area contributed by atoms with Crippen molar-refractivity contribution in [2.75, 3.05) is 0 Å². The van der Waals surface area contributed by atoms with Crippen molar-refractivity contribution in [3.63, 3.8) is 0 Å². The molecule has 4 rings (SSSR count). The summed E-state index contributed by atoms with van der Waals surface area (Å²) >= 11 is 0. The molecular weight excluding hydrogens is 440 g/mol. The molecule has 0 fully saturated rings. The van der Waals surface area contributed by atoms with Gasteiger partial charge in [-0.2, -0.15) is 0 Å². The molecule has 7 heteroatoms. The molecule has 0 aliphatic rings. The highest BCUT2D eigenvalue weighted by molar-refractivity contribution is 6.20. The standard InChI is InChI=1S/C28H28N4O3/c1-4-24(23-10-5-6-11-30-23)32-16-22(20-9-7-8-19(12-20)13-26(34)35)28-25(32)14-21(15-31-28)27(17(2)29)18(3)33/h5-12,14-16,24H,4,13,29H2,1-3H3,(H,34,35)/b27-17+/t24-/m0/s1. The molecule has 0 radical (unpaired) electrons. The van der Waals surface area contributed by atoms with E-state index in [-0.39, 0.29) is 18.2 Å². The van der Waals surface area contributed by atoms with E-state index in [1.807, 2.05) is 48.7 Å². The van der Waals surface area contributed by atoms with Gasteiger partial charge in [0.15, 0.2) is 5.78 Å². The van der Waals surface area contributed by atoms with E-state index in [1.165, 1.54) is 6.92 Å². The molecular formula is C28H28N4O3. The molecule has 1 aromatic carbocycles. The molecule has 7 nitrogen and oxygen atoms in total. The van der Waals surface area contributed by atoms with Gasteiger partial charge in [-0.15, -0.1) is 0 Å². The molecule has 0 aliphatic carbocycles. The van der Waals surface area contributed by atoms with Crippen LogP contribution in [0.5, 0.6) is 0 Å². The lowest BCUT2D eigenvalue weighted by molar-refractivity contribution is -0.136. The van der Waals surface area contributed by atoms with Gasteiger partial charge in [0, 0.05) is 41.0 Å². The Morgan fingerprint density at radius 3 is 2.51 bits per heavy atom. The number of nitrogens with two attached hydrogens (primary N) is 1. The van der Waals surface area contributed by atoms with Crippen LogP contribution in [0, 0.1) is 0 Å². The van der Waals surface area contributed by atoms with Gasteiger partial charge >= 0.3 is 5.97 Å². The lowest BCUT2D eigenvalue weighted by Gasteiger charge is -2.18. The molecule has 4 aromatic rings. The van der Waals surface area contributed by atoms with E-state index < -0.39 is 5.97 Å². The summed E-state index contributed by atoms with van der Waals surface area (Å²) in [5, 5.41) is 9.24. The van der Waals surface area contributed by atoms with Crippen LogP contribution < -0.4 is 5.73 Å². The van der Waals surface area contributed by atoms with Crippen molar-refractivity contribution in [3.05, 3.63) is 89.6 Å². The van der Waals surface area contributed by atoms with Crippen molar-refractivity contribution >= 4 is 28.4 Å². The number of ketones is 1. The number of hydrogen-bond donors (Lipinski definition) is 2. The van der Waals surface area contributed by atoms with Crippen LogP contribution in [0.2, 0.25) is 0 Å². The molecule has 0 amide bonds. The summed E-state index contributed by atoms with van der Waals surface area (Å²) in [5.74, 6) is -1.00. The molecule has 3 heterocycles. The molecule has 0 saturated carbocycles. The number of carbonyl (C=O) groups is 2. The zero-order chi connectivity index (χ0) is 25.1. The van der Waals surface area contributed by atoms with Crippen LogP contribution >= 0.6 is 0 Å². The molecule has 3 N–H and O–H groups in total. The van der Waals surface area contributed by atoms with Crippen LogP contribution in [0.15, 0.2) is 72.8 Å². The lowest BCUT2D eigenvalue weighted by Crippen LogP contribution is -2.11. The summed E-state index contributed by atoms with van der Waals surface area (Å²) < 4.78 is 2.14. The highest BCUT2D eigenvalue weighted by atomic mass is 16.4. The van der Waals surface area contributed by atoms with Gasteiger partial charge in [-0.25, -0.2) is 0 Å². The van der Waals surface area contributed by atoms with E-state index in [1.54, 1.807) is 25.4 Å². The van der Waals surface area contributed by atoms with Crippen molar-refractivity contribution in [2.45, 2.75) is 39.7 Å². The maximum atomic E-state index is 12.3. The monoisotopic (exact) mass is 468 g/mol. The topological polar surface area (TPSA) is 111 Å². The molecule has 0 saturated heterocycles. The van der Waals surface area contributed by atoms with Gasteiger partial charge in [-0.3, -0.25) is 19.6 Å². The van der Waals surface area contributed by atoms with Crippen molar-refractivity contribution < 1.29 is 14.7 Å². The van der Waals surface area contributed by atoms with Gasteiger partial charge in [-0.05, 0) is 49.6 Å². The van der Waals surface area contributed by atoms with E-state index >= 15 is 0 Å². The van der Waals surface area contributed by atoms with Crippen molar-refractivity contribution in [1.82, 2.24) is 14.5 Å². The second kappa shape index (κ2) is 9.93. The number of aliphatic carboxylic acids is 1. The number of carboxylic acids is 1. The SMILES string of the molecule is CC[C@@H](c1ccccn1)n1cc(-c2cccc(CC(=O)O)c2)c2ncc(/C(C(C)=O)=C(\C)N)cc21. The lowest BCUT2D eigenvalue weighted by atomic mass is 10.0. The van der Waals surface area contributed by atoms with Crippen molar-refractivity contribution in [3.8, 4) is 11.1 Å². The van der Waals surface area contributed by atoms with E-state index in [9.17, 15) is 14.7 Å². The minimum atomic E-state index is -0.880. The third-order valence-corrected chi connectivity index (χ3v) is 6.05. The molecule has 1 atom stereocenters. The molecule has 0 aliphatic heterocycles. The number of nitrogens with zero attached hydrogens (tertiary/aromatic N) is 3. The Hall–Kier alpha value is -4.26. The summed E-state index contributed by atoms with van der Waals surface area (Å²) in [4.78, 5) is 33.0. The number of benzene rings is 1. The molecule has 0 bridgehead atoms. The average molecular weight is 469 g/mol. The molecule has 35 heavy (non-hydrogen) atoms. The number of hydrogen-bond acceptors (Lipinski definition) is 5. The Kier molecular flexibility index (Phi) is 6.78. The molecule has 3 aromatic heterocycles. The van der Waals surface area contributed by atoms with Gasteiger partial charge < -0.3 is 15.4 Å². The first kappa shape index (κ1) is 23.9. The quantitative estimate of drug-likeness (QED) is 0.352. The Labute approximate surface area is 204 Å². The predicted octanol–water partition coefficient (Wildman–Crippen LogP) is 5.00. The normalized spacial score (nSPS) is 12.9. The largest absolute Gasteiger partial charge is 0.481 e. The number of carbonyl (C=O) groups excluding carboxylic acids is 1. The third-order valence-electron chi connectivity index (χ3n) is 6.05. The third kappa shape index (κ3) is 4.84. The first-order valence-electron chi connectivity index (χ1n) is 11.5. The van der Waals surface area contributed by atoms with E-state index in [0.29, 0.717) is 22.4 Å². The maximum Gasteiger partial charge on any atom is 0.307 e. The number of Topliss-reactive ketones (excluding diaryl/α,β-unsaturated/α-hetero) is 1. The van der Waals surface area contributed by atoms with Crippen LogP contribution in [0.25, 0.3) is 27.7 Å². The smallest absolute Gasteiger partial charge is 0.307 e. The summed E-state index contributed by atoms with van der Waals surface area (Å²) in [5.41, 5.74) is 12.6. The van der Waals surface area contributed by atoms with Gasteiger partial charge in [0.2, 0.25) is 0 Å². The van der Waals surface area contributed by atoms with Crippen molar-refractivity contribution in [2.24, 2.45) is 5.73 Å². The number of allylic oxidation sites excluding steroid dienone is 2. The van der Waals surface area contributed by atoms with Crippen LogP contribution in [-0.2, 0) is 16.0 Å². The summed E-state index contributed by atoms with van der Waals surface area (Å²) in [7, 11) is 0. The van der Waals surface area contributed by atoms with Gasteiger partial charge in [0.05, 0.1) is 29.2 Å². The van der Waals surface area contributed by atoms with Crippen molar-refractivity contribution in [1.29, 1.82) is 0 Å². The molecule has 178 valence electrons. The fourth-order valence-electron chi connectivity index (χ4n) is 4.59. The zero-order valence-electron chi connectivity index (χ0n) is 20.0. The number of rotatable bonds is 8. The Bertz CT molecular complexity index is 1430. The minimum absolute atomic E-state index is 0.0574. The van der Waals surface area contributed by atoms with Crippen LogP contribution in [0.4, 0.5) is 0 Å². The van der Waals surface area contributed by atoms with Gasteiger partial charge in [-0.1, -0.05) is 37.3 Å². The maximum absolute atomic E-state index is 12.3. The molecule has 0 spiro atoms. The zero-order valence-corrected chi connectivity index (χ0v) is 20.0. The fraction of sp³-hybridized carbons (Fsp3) is 0.214. The second-order valence-corrected chi connectivity index (χ2v) is 8.61. The van der Waals surface area contributed by atoms with Crippen LogP contribution in [0.1, 0.15) is 50.1 Å². The number of carboxylic acid groups (broad SMARTS) is 1. The Balaban J connectivity index is 1.98. The second-order valence-electron chi connectivity index (χ2n) is 8.61. The first-order valence-corrected chi connectivity index (χ1v) is 11.5. The number of fused-ring (bicyclic) bond motifs is 1. The fourth-order valence-corrected chi connectivity index (χ4v) is 4.59. The van der Waals surface area contributed by atoms with Gasteiger partial charge in [0.25, 0.3) is 0 Å². The van der Waals surface area contributed by atoms with E-state index in [2.05, 4.69) is 16.5 Å². The van der Waals surface area contributed by atoms with E-state index in [4.69, 9.17) is 10.7 Å². The highest BCUT2D eigenvalue weighted by Crippen LogP contribution is 2.35. The highest BCUT2D eigenvalue weighted by Gasteiger charge is 2.21. The average Bonchev–Trinajstić information content (AvgIpc) is 3.18. The summed E-state index contributed by atoms with van der Waals surface area (Å²) in [6.45, 7) is 5.31. The van der Waals surface area contributed by atoms with Crippen LogP contribution in [-0.4, -0.2) is 31.4 Å². The van der Waals surface area contributed by atoms with Crippen LogP contribution in [0.3, 0.4) is 0 Å². The first-order chi connectivity index (χ1) is 16.8. The van der Waals surface area contributed by atoms with Gasteiger partial charge in [0.1, 0.15) is 0 Å². The Morgan fingerprint density at radius 2 is 1.89 bits per heavy atom.